The summed E-state index contributed by atoms with van der Waals surface area (Å²) in [7, 11) is -3.22. The highest BCUT2D eigenvalue weighted by Crippen LogP contribution is 2.49. The maximum absolute atomic E-state index is 13.0. The number of carbonyl (C=O) groups excluding carboxylic acids is 1. The van der Waals surface area contributed by atoms with Gasteiger partial charge in [0.1, 0.15) is 0 Å². The van der Waals surface area contributed by atoms with E-state index in [1.165, 1.54) is 6.42 Å². The monoisotopic (exact) mass is 376 g/mol. The van der Waals surface area contributed by atoms with Gasteiger partial charge in [-0.1, -0.05) is 49.6 Å². The minimum absolute atomic E-state index is 0.0178. The number of hydrogen-bond acceptors (Lipinski definition) is 3. The second-order valence-electron chi connectivity index (χ2n) is 8.22. The lowest BCUT2D eigenvalue weighted by Gasteiger charge is -2.37. The molecule has 26 heavy (non-hydrogen) atoms. The fourth-order valence-electron chi connectivity index (χ4n) is 4.73. The van der Waals surface area contributed by atoms with Crippen molar-refractivity contribution in [3.63, 3.8) is 0 Å². The van der Waals surface area contributed by atoms with Crippen LogP contribution in [0.5, 0.6) is 0 Å². The van der Waals surface area contributed by atoms with Gasteiger partial charge in [0.15, 0.2) is 0 Å². The number of carbonyl (C=O) groups is 1. The Morgan fingerprint density at radius 3 is 2.46 bits per heavy atom. The van der Waals surface area contributed by atoms with Crippen LogP contribution in [0, 0.1) is 11.3 Å². The van der Waals surface area contributed by atoms with Gasteiger partial charge in [-0.2, -0.15) is 0 Å². The molecular formula is C20H28N2O3S. The summed E-state index contributed by atoms with van der Waals surface area (Å²) in [4.78, 5) is 13.0. The van der Waals surface area contributed by atoms with E-state index in [1.807, 2.05) is 30.3 Å². The molecule has 2 aliphatic carbocycles. The maximum Gasteiger partial charge on any atom is 0.225 e. The first kappa shape index (κ1) is 18.0. The van der Waals surface area contributed by atoms with E-state index in [1.54, 1.807) is 4.31 Å². The Kier molecular flexibility index (Phi) is 4.82. The number of benzene rings is 1. The highest BCUT2D eigenvalue weighted by Gasteiger charge is 2.54. The number of amides is 1. The first-order valence-electron chi connectivity index (χ1n) is 9.82. The van der Waals surface area contributed by atoms with E-state index in [9.17, 15) is 13.2 Å². The maximum atomic E-state index is 13.0. The Labute approximate surface area is 156 Å². The third-order valence-electron chi connectivity index (χ3n) is 6.40. The van der Waals surface area contributed by atoms with E-state index in [4.69, 9.17) is 0 Å². The quantitative estimate of drug-likeness (QED) is 0.859. The minimum atomic E-state index is -3.22. The molecule has 1 spiro atoms. The summed E-state index contributed by atoms with van der Waals surface area (Å²) >= 11 is 0. The van der Waals surface area contributed by atoms with Crippen LogP contribution >= 0.6 is 0 Å². The average Bonchev–Trinajstić information content (AvgIpc) is 3.45. The van der Waals surface area contributed by atoms with Gasteiger partial charge in [-0.05, 0) is 36.7 Å². The standard InChI is InChI=1S/C20H28N2O3S/c23-19(21-13-16-7-3-1-4-8-16)18-14-22(26(24,25)17-9-10-17)15-20(18)11-5-2-6-12-20/h1,3-4,7-8,17-18H,2,5-6,9-15H2,(H,21,23)/t18-/m1/s1. The molecule has 1 saturated heterocycles. The van der Waals surface area contributed by atoms with Crippen LogP contribution < -0.4 is 5.32 Å². The van der Waals surface area contributed by atoms with Gasteiger partial charge < -0.3 is 5.32 Å². The Hall–Kier alpha value is -1.40. The Bertz CT molecular complexity index is 753. The molecule has 0 aromatic heterocycles. The number of hydrogen-bond donors (Lipinski definition) is 1. The number of rotatable bonds is 5. The van der Waals surface area contributed by atoms with E-state index in [0.29, 0.717) is 19.6 Å². The van der Waals surface area contributed by atoms with Gasteiger partial charge in [-0.25, -0.2) is 12.7 Å². The summed E-state index contributed by atoms with van der Waals surface area (Å²) < 4.78 is 27.2. The van der Waals surface area contributed by atoms with Crippen molar-refractivity contribution < 1.29 is 13.2 Å². The lowest BCUT2D eigenvalue weighted by Crippen LogP contribution is -2.42. The van der Waals surface area contributed by atoms with Crippen molar-refractivity contribution >= 4 is 15.9 Å². The van der Waals surface area contributed by atoms with E-state index >= 15 is 0 Å². The number of nitrogens with one attached hydrogen (secondary N) is 1. The summed E-state index contributed by atoms with van der Waals surface area (Å²) in [5, 5.41) is 2.87. The van der Waals surface area contributed by atoms with Crippen LogP contribution in [0.4, 0.5) is 0 Å². The van der Waals surface area contributed by atoms with Gasteiger partial charge in [-0.3, -0.25) is 4.79 Å². The Morgan fingerprint density at radius 2 is 1.81 bits per heavy atom. The topological polar surface area (TPSA) is 66.5 Å². The van der Waals surface area contributed by atoms with Gasteiger partial charge >= 0.3 is 0 Å². The molecule has 1 aromatic rings. The molecule has 142 valence electrons. The van der Waals surface area contributed by atoms with Crippen molar-refractivity contribution in [2.24, 2.45) is 11.3 Å². The van der Waals surface area contributed by atoms with Crippen LogP contribution in [0.15, 0.2) is 30.3 Å². The number of nitrogens with zero attached hydrogens (tertiary/aromatic N) is 1. The Balaban J connectivity index is 1.50. The molecule has 4 rings (SSSR count). The SMILES string of the molecule is O=C(NCc1ccccc1)[C@H]1CN(S(=O)(=O)C2CC2)CC12CCCCC2. The fraction of sp³-hybridized carbons (Fsp3) is 0.650. The highest BCUT2D eigenvalue weighted by molar-refractivity contribution is 7.90. The van der Waals surface area contributed by atoms with E-state index in [-0.39, 0.29) is 22.5 Å². The van der Waals surface area contributed by atoms with Crippen LogP contribution in [0.1, 0.15) is 50.5 Å². The summed E-state index contributed by atoms with van der Waals surface area (Å²) in [5.41, 5.74) is 0.903. The predicted octanol–water partition coefficient (Wildman–Crippen LogP) is 2.68. The molecule has 0 radical (unpaired) electrons. The highest BCUT2D eigenvalue weighted by atomic mass is 32.2. The molecule has 1 aliphatic heterocycles. The minimum Gasteiger partial charge on any atom is -0.352 e. The van der Waals surface area contributed by atoms with Crippen molar-refractivity contribution in [3.05, 3.63) is 35.9 Å². The smallest absolute Gasteiger partial charge is 0.225 e. The van der Waals surface area contributed by atoms with Crippen molar-refractivity contribution in [2.75, 3.05) is 13.1 Å². The second-order valence-corrected chi connectivity index (χ2v) is 10.4. The predicted molar refractivity (Wildman–Crippen MR) is 101 cm³/mol. The van der Waals surface area contributed by atoms with Crippen LogP contribution in [-0.4, -0.2) is 37.0 Å². The molecule has 1 heterocycles. The molecule has 3 fully saturated rings. The largest absolute Gasteiger partial charge is 0.352 e. The molecule has 1 N–H and O–H groups in total. The summed E-state index contributed by atoms with van der Waals surface area (Å²) in [5.74, 6) is -0.204. The third-order valence-corrected chi connectivity index (χ3v) is 8.71. The summed E-state index contributed by atoms with van der Waals surface area (Å²) in [6.45, 7) is 1.40. The molecule has 1 amide bonds. The van der Waals surface area contributed by atoms with Crippen LogP contribution in [0.25, 0.3) is 0 Å². The molecule has 0 unspecified atom stereocenters. The molecule has 0 bridgehead atoms. The van der Waals surface area contributed by atoms with Gasteiger partial charge in [0, 0.05) is 19.6 Å². The summed E-state index contributed by atoms with van der Waals surface area (Å²) in [6, 6.07) is 9.87. The molecule has 1 aromatic carbocycles. The van der Waals surface area contributed by atoms with Gasteiger partial charge in [0.05, 0.1) is 11.2 Å². The fourth-order valence-corrected chi connectivity index (χ4v) is 6.67. The summed E-state index contributed by atoms with van der Waals surface area (Å²) in [6.07, 6.45) is 6.86. The zero-order chi connectivity index (χ0) is 18.2. The molecule has 1 atom stereocenters. The molecule has 2 saturated carbocycles. The zero-order valence-corrected chi connectivity index (χ0v) is 16.0. The van der Waals surface area contributed by atoms with Crippen LogP contribution in [0.3, 0.4) is 0 Å². The first-order valence-corrected chi connectivity index (χ1v) is 11.3. The normalized spacial score (nSPS) is 26.1. The van der Waals surface area contributed by atoms with Crippen molar-refractivity contribution in [1.29, 1.82) is 0 Å². The van der Waals surface area contributed by atoms with Crippen molar-refractivity contribution in [3.8, 4) is 0 Å². The first-order chi connectivity index (χ1) is 12.5. The van der Waals surface area contributed by atoms with Gasteiger partial charge in [0.25, 0.3) is 0 Å². The lowest BCUT2D eigenvalue weighted by molar-refractivity contribution is -0.128. The van der Waals surface area contributed by atoms with Crippen molar-refractivity contribution in [2.45, 2.75) is 56.7 Å². The van der Waals surface area contributed by atoms with Gasteiger partial charge in [0.2, 0.25) is 15.9 Å². The van der Waals surface area contributed by atoms with E-state index in [2.05, 4.69) is 5.32 Å². The zero-order valence-electron chi connectivity index (χ0n) is 15.2. The molecule has 3 aliphatic rings. The van der Waals surface area contributed by atoms with Crippen LogP contribution in [0.2, 0.25) is 0 Å². The molecular weight excluding hydrogens is 348 g/mol. The lowest BCUT2D eigenvalue weighted by atomic mass is 9.67. The molecule has 5 nitrogen and oxygen atoms in total. The van der Waals surface area contributed by atoms with Crippen molar-refractivity contribution in [1.82, 2.24) is 9.62 Å². The third kappa shape index (κ3) is 3.41. The van der Waals surface area contributed by atoms with E-state index < -0.39 is 10.0 Å². The van der Waals surface area contributed by atoms with E-state index in [0.717, 1.165) is 44.1 Å². The van der Waals surface area contributed by atoms with Gasteiger partial charge in [-0.15, -0.1) is 0 Å². The average molecular weight is 377 g/mol. The number of sulfonamides is 1. The Morgan fingerprint density at radius 1 is 1.12 bits per heavy atom. The molecule has 6 heteroatoms. The van der Waals surface area contributed by atoms with Crippen LogP contribution in [-0.2, 0) is 21.4 Å². The second kappa shape index (κ2) is 6.97.